The number of rotatable bonds is 11. The third-order valence-corrected chi connectivity index (χ3v) is 9.23. The van der Waals surface area contributed by atoms with Gasteiger partial charge in [0.05, 0.1) is 29.5 Å². The molecule has 3 heterocycles. The number of nitrogens with zero attached hydrogens (tertiary/aromatic N) is 5. The standard InChI is InChI=1S/C32H48N8O3/c1-4-25-20-39(21-28-32(2,3)37-29(30(34)36-28)31(42)35-24-7-8-24)13-14-40(25)26-9-11-38(12-10-26)19-23-6-5-22(18-33)17-27(23)43-16-15-41/h5-6,17,24-26,37,41H,4,7-16,19-21,34H2,1-3H3,(H,35,42)/t25-/m0/s1. The molecule has 0 bridgehead atoms. The highest BCUT2D eigenvalue weighted by atomic mass is 16.5. The Kier molecular flexibility index (Phi) is 9.92. The molecular formula is C32H48N8O3. The van der Waals surface area contributed by atoms with Gasteiger partial charge in [-0.15, -0.1) is 0 Å². The predicted molar refractivity (Wildman–Crippen MR) is 166 cm³/mol. The molecule has 0 spiro atoms. The van der Waals surface area contributed by atoms with Gasteiger partial charge in [0.15, 0.2) is 5.82 Å². The van der Waals surface area contributed by atoms with E-state index in [1.807, 2.05) is 12.1 Å². The molecule has 3 aliphatic heterocycles. The smallest absolute Gasteiger partial charge is 0.271 e. The number of aliphatic imine (C=N–C) groups is 1. The maximum Gasteiger partial charge on any atom is 0.271 e. The van der Waals surface area contributed by atoms with E-state index >= 15 is 0 Å². The van der Waals surface area contributed by atoms with Crippen LogP contribution in [-0.2, 0) is 11.3 Å². The van der Waals surface area contributed by atoms with Crippen LogP contribution in [0.4, 0.5) is 0 Å². The van der Waals surface area contributed by atoms with Gasteiger partial charge in [-0.3, -0.25) is 19.5 Å². The van der Waals surface area contributed by atoms with Crippen LogP contribution < -0.4 is 21.1 Å². The zero-order valence-electron chi connectivity index (χ0n) is 25.9. The van der Waals surface area contributed by atoms with Gasteiger partial charge in [0.1, 0.15) is 18.1 Å². The van der Waals surface area contributed by atoms with E-state index in [9.17, 15) is 15.2 Å². The third kappa shape index (κ3) is 7.68. The Morgan fingerprint density at radius 1 is 1.19 bits per heavy atom. The molecule has 11 heteroatoms. The molecule has 3 fully saturated rings. The van der Waals surface area contributed by atoms with Crippen molar-refractivity contribution in [1.29, 1.82) is 5.26 Å². The van der Waals surface area contributed by atoms with E-state index in [0.717, 1.165) is 89.2 Å². The molecule has 1 saturated carbocycles. The highest BCUT2D eigenvalue weighted by Gasteiger charge is 2.38. The second-order valence-electron chi connectivity index (χ2n) is 12.9. The van der Waals surface area contributed by atoms with E-state index in [-0.39, 0.29) is 31.0 Å². The van der Waals surface area contributed by atoms with E-state index in [1.54, 1.807) is 6.07 Å². The summed E-state index contributed by atoms with van der Waals surface area (Å²) in [5, 5.41) is 24.9. The van der Waals surface area contributed by atoms with Crippen LogP contribution in [-0.4, -0.2) is 108 Å². The molecule has 1 aliphatic carbocycles. The number of nitrogens with one attached hydrogen (secondary N) is 2. The lowest BCUT2D eigenvalue weighted by molar-refractivity contribution is -0.118. The maximum absolute atomic E-state index is 12.7. The minimum atomic E-state index is -0.456. The van der Waals surface area contributed by atoms with Crippen molar-refractivity contribution in [3.63, 3.8) is 0 Å². The van der Waals surface area contributed by atoms with Gasteiger partial charge >= 0.3 is 0 Å². The lowest BCUT2D eigenvalue weighted by Gasteiger charge is -2.48. The highest BCUT2D eigenvalue weighted by Crippen LogP contribution is 2.28. The van der Waals surface area contributed by atoms with Gasteiger partial charge in [-0.05, 0) is 71.2 Å². The minimum Gasteiger partial charge on any atom is -0.491 e. The van der Waals surface area contributed by atoms with Gasteiger partial charge in [0.25, 0.3) is 5.91 Å². The second-order valence-corrected chi connectivity index (χ2v) is 12.9. The number of hydrogen-bond acceptors (Lipinski definition) is 10. The fourth-order valence-electron chi connectivity index (χ4n) is 6.51. The van der Waals surface area contributed by atoms with Crippen LogP contribution >= 0.6 is 0 Å². The van der Waals surface area contributed by atoms with Crippen LogP contribution in [0.3, 0.4) is 0 Å². The number of benzene rings is 1. The first-order valence-corrected chi connectivity index (χ1v) is 15.8. The van der Waals surface area contributed by atoms with Crippen molar-refractivity contribution < 1.29 is 14.6 Å². The number of nitriles is 1. The molecule has 5 rings (SSSR count). The number of nitrogens with two attached hydrogens (primary N) is 1. The van der Waals surface area contributed by atoms with Crippen molar-refractivity contribution in [1.82, 2.24) is 25.3 Å². The molecule has 234 valence electrons. The van der Waals surface area contributed by atoms with E-state index < -0.39 is 5.54 Å². The first-order valence-electron chi connectivity index (χ1n) is 15.8. The van der Waals surface area contributed by atoms with Gasteiger partial charge in [0, 0.05) is 56.4 Å². The number of aliphatic hydroxyl groups excluding tert-OH is 1. The Balaban J connectivity index is 1.15. The number of ether oxygens (including phenoxy) is 1. The SMILES string of the molecule is CC[C@H]1CN(CC2=NC(N)=C(C(=O)NC3CC3)NC2(C)C)CCN1C1CCN(Cc2ccc(C#N)cc2OCCO)CC1. The van der Waals surface area contributed by atoms with Crippen molar-refractivity contribution >= 4 is 11.6 Å². The third-order valence-electron chi connectivity index (χ3n) is 9.23. The Morgan fingerprint density at radius 3 is 2.63 bits per heavy atom. The molecule has 1 aromatic carbocycles. The van der Waals surface area contributed by atoms with Crippen molar-refractivity contribution in [2.45, 2.75) is 83.1 Å². The molecule has 1 atom stereocenters. The highest BCUT2D eigenvalue weighted by molar-refractivity contribution is 6.01. The second kappa shape index (κ2) is 13.6. The van der Waals surface area contributed by atoms with Crippen molar-refractivity contribution in [3.8, 4) is 11.8 Å². The Labute approximate surface area is 255 Å². The molecule has 11 nitrogen and oxygen atoms in total. The normalized spacial score (nSPS) is 23.8. The van der Waals surface area contributed by atoms with Gasteiger partial charge in [0.2, 0.25) is 0 Å². The van der Waals surface area contributed by atoms with Gasteiger partial charge < -0.3 is 26.2 Å². The fraction of sp³-hybridized carbons (Fsp3) is 0.656. The number of amides is 1. The van der Waals surface area contributed by atoms with E-state index in [0.29, 0.717) is 29.1 Å². The topological polar surface area (TPSA) is 142 Å². The summed E-state index contributed by atoms with van der Waals surface area (Å²) in [6, 6.07) is 9.07. The predicted octanol–water partition coefficient (Wildman–Crippen LogP) is 1.52. The Morgan fingerprint density at radius 2 is 1.95 bits per heavy atom. The average Bonchev–Trinajstić information content (AvgIpc) is 3.82. The zero-order chi connectivity index (χ0) is 30.6. The molecule has 4 aliphatic rings. The Hall–Kier alpha value is -3.17. The lowest BCUT2D eigenvalue weighted by atomic mass is 9.93. The van der Waals surface area contributed by atoms with Crippen molar-refractivity contribution in [2.75, 3.05) is 52.5 Å². The van der Waals surface area contributed by atoms with Crippen LogP contribution in [0.5, 0.6) is 5.75 Å². The first-order chi connectivity index (χ1) is 20.7. The van der Waals surface area contributed by atoms with Gasteiger partial charge in [-0.1, -0.05) is 13.0 Å². The zero-order valence-corrected chi connectivity index (χ0v) is 25.9. The maximum atomic E-state index is 12.7. The molecule has 2 saturated heterocycles. The van der Waals surface area contributed by atoms with Crippen LogP contribution in [0, 0.1) is 11.3 Å². The van der Waals surface area contributed by atoms with Crippen LogP contribution in [0.2, 0.25) is 0 Å². The summed E-state index contributed by atoms with van der Waals surface area (Å²) in [5.41, 5.74) is 8.80. The summed E-state index contributed by atoms with van der Waals surface area (Å²) in [7, 11) is 0. The Bertz CT molecular complexity index is 1260. The molecule has 43 heavy (non-hydrogen) atoms. The number of piperidine rings is 1. The number of aliphatic hydroxyl groups is 1. The van der Waals surface area contributed by atoms with Gasteiger partial charge in [-0.2, -0.15) is 5.26 Å². The van der Waals surface area contributed by atoms with Gasteiger partial charge in [-0.25, -0.2) is 4.99 Å². The molecule has 1 aromatic rings. The summed E-state index contributed by atoms with van der Waals surface area (Å²) in [5.74, 6) is 0.806. The van der Waals surface area contributed by atoms with E-state index in [2.05, 4.69) is 52.2 Å². The molecule has 0 radical (unpaired) electrons. The van der Waals surface area contributed by atoms with Crippen LogP contribution in [0.15, 0.2) is 34.7 Å². The average molecular weight is 593 g/mol. The molecule has 0 aromatic heterocycles. The summed E-state index contributed by atoms with van der Waals surface area (Å²) < 4.78 is 5.75. The van der Waals surface area contributed by atoms with Crippen molar-refractivity contribution in [3.05, 3.63) is 40.8 Å². The number of piperazine rings is 1. The number of likely N-dealkylation sites (tertiary alicyclic amines) is 1. The molecule has 0 unspecified atom stereocenters. The number of carbonyl (C=O) groups is 1. The quantitative estimate of drug-likeness (QED) is 0.301. The fourth-order valence-corrected chi connectivity index (χ4v) is 6.51. The van der Waals surface area contributed by atoms with Crippen LogP contribution in [0.25, 0.3) is 0 Å². The van der Waals surface area contributed by atoms with E-state index in [1.165, 1.54) is 0 Å². The number of hydrogen-bond donors (Lipinski definition) is 4. The molecule has 5 N–H and O–H groups in total. The lowest BCUT2D eigenvalue weighted by Crippen LogP contribution is -2.61. The molecular weight excluding hydrogens is 544 g/mol. The summed E-state index contributed by atoms with van der Waals surface area (Å²) in [6.07, 6.45) is 5.39. The number of carbonyl (C=O) groups excluding carboxylic acids is 1. The molecule has 1 amide bonds. The van der Waals surface area contributed by atoms with Crippen LogP contribution in [0.1, 0.15) is 64.0 Å². The summed E-state index contributed by atoms with van der Waals surface area (Å²) in [4.78, 5) is 25.1. The minimum absolute atomic E-state index is 0.0542. The first kappa shape index (κ1) is 31.3. The van der Waals surface area contributed by atoms with E-state index in [4.69, 9.17) is 15.5 Å². The summed E-state index contributed by atoms with van der Waals surface area (Å²) >= 11 is 0. The van der Waals surface area contributed by atoms with Crippen molar-refractivity contribution in [2.24, 2.45) is 10.7 Å². The largest absolute Gasteiger partial charge is 0.491 e. The monoisotopic (exact) mass is 592 g/mol. The summed E-state index contributed by atoms with van der Waals surface area (Å²) in [6.45, 7) is 13.1.